The summed E-state index contributed by atoms with van der Waals surface area (Å²) in [5, 5.41) is 0.152. The summed E-state index contributed by atoms with van der Waals surface area (Å²) in [6, 6.07) is 11.5. The second-order valence-corrected chi connectivity index (χ2v) is 4.72. The first kappa shape index (κ1) is 14.5. The molecule has 0 unspecified atom stereocenters. The minimum atomic E-state index is -0.577. The number of hydrogen-bond donors (Lipinski definition) is 0. The summed E-state index contributed by atoms with van der Waals surface area (Å²) in [5.74, 6) is -0.883. The summed E-state index contributed by atoms with van der Waals surface area (Å²) in [4.78, 5) is 11.9. The van der Waals surface area contributed by atoms with Crippen molar-refractivity contribution in [3.05, 3.63) is 64.4 Å². The first-order valence-corrected chi connectivity index (χ1v) is 6.68. The second-order valence-electron chi connectivity index (χ2n) is 4.31. The van der Waals surface area contributed by atoms with Gasteiger partial charge in [-0.05, 0) is 24.1 Å². The molecule has 0 saturated carbocycles. The summed E-state index contributed by atoms with van der Waals surface area (Å²) in [6.07, 6.45) is 0.913. The minimum Gasteiger partial charge on any atom is -0.481 e. The van der Waals surface area contributed by atoms with Crippen LogP contribution in [0.4, 0.5) is 4.39 Å². The molecule has 0 fully saturated rings. The molecule has 2 nitrogen and oxygen atoms in total. The van der Waals surface area contributed by atoms with Gasteiger partial charge in [-0.1, -0.05) is 48.9 Å². The van der Waals surface area contributed by atoms with E-state index in [2.05, 4.69) is 0 Å². The topological polar surface area (TPSA) is 26.3 Å². The van der Waals surface area contributed by atoms with Crippen LogP contribution in [0.25, 0.3) is 0 Å². The third kappa shape index (κ3) is 3.36. The van der Waals surface area contributed by atoms with Crippen LogP contribution in [0.15, 0.2) is 42.5 Å². The largest absolute Gasteiger partial charge is 0.481 e. The Balaban J connectivity index is 2.04. The zero-order valence-corrected chi connectivity index (χ0v) is 11.8. The molecule has 0 atom stereocenters. The first-order chi connectivity index (χ1) is 9.61. The maximum absolute atomic E-state index is 13.5. The van der Waals surface area contributed by atoms with E-state index in [1.807, 2.05) is 19.1 Å². The number of Topliss-reactive ketones (excluding diaryl/α,β-unsaturated/α-hetero) is 1. The van der Waals surface area contributed by atoms with E-state index in [9.17, 15) is 9.18 Å². The molecule has 0 saturated heterocycles. The van der Waals surface area contributed by atoms with E-state index < -0.39 is 5.82 Å². The van der Waals surface area contributed by atoms with Crippen LogP contribution in [0, 0.1) is 5.82 Å². The van der Waals surface area contributed by atoms with Crippen LogP contribution in [0.5, 0.6) is 5.75 Å². The molecular weight excluding hydrogens is 279 g/mol. The number of aryl methyl sites for hydroxylation is 1. The highest BCUT2D eigenvalue weighted by Gasteiger charge is 2.12. The van der Waals surface area contributed by atoms with Crippen molar-refractivity contribution >= 4 is 17.4 Å². The van der Waals surface area contributed by atoms with Gasteiger partial charge in [0.2, 0.25) is 0 Å². The van der Waals surface area contributed by atoms with Gasteiger partial charge in [0.1, 0.15) is 0 Å². The Morgan fingerprint density at radius 1 is 1.20 bits per heavy atom. The summed E-state index contributed by atoms with van der Waals surface area (Å²) < 4.78 is 18.7. The molecule has 0 heterocycles. The fourth-order valence-corrected chi connectivity index (χ4v) is 1.99. The molecule has 104 valence electrons. The lowest BCUT2D eigenvalue weighted by atomic mass is 10.1. The van der Waals surface area contributed by atoms with Crippen LogP contribution in [-0.4, -0.2) is 12.4 Å². The number of carbonyl (C=O) groups excluding carboxylic acids is 1. The van der Waals surface area contributed by atoms with Gasteiger partial charge in [0.15, 0.2) is 24.0 Å². The molecule has 0 radical (unpaired) electrons. The van der Waals surface area contributed by atoms with Gasteiger partial charge in [-0.25, -0.2) is 4.39 Å². The van der Waals surface area contributed by atoms with Crippen LogP contribution in [-0.2, 0) is 6.42 Å². The number of carbonyl (C=O) groups is 1. The van der Waals surface area contributed by atoms with E-state index in [1.54, 1.807) is 12.1 Å². The highest BCUT2D eigenvalue weighted by atomic mass is 35.5. The van der Waals surface area contributed by atoms with Crippen LogP contribution in [0.3, 0.4) is 0 Å². The van der Waals surface area contributed by atoms with Crippen LogP contribution in [0.2, 0.25) is 5.02 Å². The molecule has 0 aromatic heterocycles. The molecule has 0 aliphatic heterocycles. The first-order valence-electron chi connectivity index (χ1n) is 6.30. The lowest BCUT2D eigenvalue weighted by Crippen LogP contribution is -2.12. The number of ether oxygens (including phenoxy) is 1. The third-order valence-electron chi connectivity index (χ3n) is 2.95. The smallest absolute Gasteiger partial charge is 0.200 e. The lowest BCUT2D eigenvalue weighted by molar-refractivity contribution is 0.0919. The van der Waals surface area contributed by atoms with Crippen molar-refractivity contribution in [2.75, 3.05) is 6.61 Å². The van der Waals surface area contributed by atoms with E-state index in [1.165, 1.54) is 18.2 Å². The monoisotopic (exact) mass is 292 g/mol. The quantitative estimate of drug-likeness (QED) is 0.768. The Morgan fingerprint density at radius 3 is 2.50 bits per heavy atom. The Hall–Kier alpha value is -1.87. The molecule has 2 aromatic carbocycles. The SMILES string of the molecule is CCc1ccc(C(=O)COc2c(F)cccc2Cl)cc1. The number of hydrogen-bond acceptors (Lipinski definition) is 2. The average Bonchev–Trinajstić information content (AvgIpc) is 2.46. The summed E-state index contributed by atoms with van der Waals surface area (Å²) in [6.45, 7) is 1.80. The molecule has 0 aliphatic carbocycles. The fraction of sp³-hybridized carbons (Fsp3) is 0.188. The predicted molar refractivity (Wildman–Crippen MR) is 77.1 cm³/mol. The second kappa shape index (κ2) is 6.53. The summed E-state index contributed by atoms with van der Waals surface area (Å²) >= 11 is 5.82. The van der Waals surface area contributed by atoms with Crippen LogP contribution < -0.4 is 4.74 Å². The van der Waals surface area contributed by atoms with Gasteiger partial charge in [-0.3, -0.25) is 4.79 Å². The van der Waals surface area contributed by atoms with E-state index in [0.29, 0.717) is 5.56 Å². The molecule has 4 heteroatoms. The van der Waals surface area contributed by atoms with Gasteiger partial charge < -0.3 is 4.74 Å². The predicted octanol–water partition coefficient (Wildman–Crippen LogP) is 4.30. The lowest BCUT2D eigenvalue weighted by Gasteiger charge is -2.08. The maximum atomic E-state index is 13.5. The number of para-hydroxylation sites is 1. The summed E-state index contributed by atoms with van der Waals surface area (Å²) in [5.41, 5.74) is 1.69. The number of halogens is 2. The van der Waals surface area contributed by atoms with Gasteiger partial charge in [0, 0.05) is 5.56 Å². The Labute approximate surface area is 122 Å². The van der Waals surface area contributed by atoms with Crippen LogP contribution >= 0.6 is 11.6 Å². The normalized spacial score (nSPS) is 10.3. The molecule has 0 bridgehead atoms. The van der Waals surface area contributed by atoms with Crippen molar-refractivity contribution in [3.63, 3.8) is 0 Å². The Kier molecular flexibility index (Phi) is 4.74. The van der Waals surface area contributed by atoms with Crippen molar-refractivity contribution in [1.29, 1.82) is 0 Å². The molecule has 0 aliphatic rings. The molecule has 0 N–H and O–H groups in total. The molecule has 2 rings (SSSR count). The van der Waals surface area contributed by atoms with Crippen molar-refractivity contribution in [2.45, 2.75) is 13.3 Å². The average molecular weight is 293 g/mol. The van der Waals surface area contributed by atoms with Crippen molar-refractivity contribution in [3.8, 4) is 5.75 Å². The van der Waals surface area contributed by atoms with Gasteiger partial charge in [0.25, 0.3) is 0 Å². The van der Waals surface area contributed by atoms with Crippen molar-refractivity contribution in [2.24, 2.45) is 0 Å². The van der Waals surface area contributed by atoms with Gasteiger partial charge in [-0.2, -0.15) is 0 Å². The molecule has 2 aromatic rings. The standard InChI is InChI=1S/C16H14ClFO2/c1-2-11-6-8-12(9-7-11)15(19)10-20-16-13(17)4-3-5-14(16)18/h3-9H,2,10H2,1H3. The number of ketones is 1. The van der Waals surface area contributed by atoms with E-state index in [-0.39, 0.29) is 23.2 Å². The van der Waals surface area contributed by atoms with Crippen LogP contribution in [0.1, 0.15) is 22.8 Å². The molecule has 0 spiro atoms. The van der Waals surface area contributed by atoms with E-state index in [0.717, 1.165) is 12.0 Å². The zero-order valence-electron chi connectivity index (χ0n) is 11.0. The van der Waals surface area contributed by atoms with E-state index in [4.69, 9.17) is 16.3 Å². The molecular formula is C16H14ClFO2. The Morgan fingerprint density at radius 2 is 1.90 bits per heavy atom. The van der Waals surface area contributed by atoms with Gasteiger partial charge in [0.05, 0.1) is 5.02 Å². The number of benzene rings is 2. The Bertz CT molecular complexity index is 588. The highest BCUT2D eigenvalue weighted by molar-refractivity contribution is 6.32. The van der Waals surface area contributed by atoms with Crippen molar-refractivity contribution in [1.82, 2.24) is 0 Å². The van der Waals surface area contributed by atoms with Gasteiger partial charge in [-0.15, -0.1) is 0 Å². The van der Waals surface area contributed by atoms with Crippen molar-refractivity contribution < 1.29 is 13.9 Å². The molecule has 20 heavy (non-hydrogen) atoms. The minimum absolute atomic E-state index is 0.0901. The fourth-order valence-electron chi connectivity index (χ4n) is 1.77. The van der Waals surface area contributed by atoms with Gasteiger partial charge >= 0.3 is 0 Å². The maximum Gasteiger partial charge on any atom is 0.200 e. The van der Waals surface area contributed by atoms with E-state index >= 15 is 0 Å². The highest BCUT2D eigenvalue weighted by Crippen LogP contribution is 2.27. The zero-order chi connectivity index (χ0) is 14.5. The third-order valence-corrected chi connectivity index (χ3v) is 3.25. The summed E-state index contributed by atoms with van der Waals surface area (Å²) in [7, 11) is 0. The number of rotatable bonds is 5. The molecule has 0 amide bonds.